The zero-order chi connectivity index (χ0) is 16.4. The number of nitrogens with zero attached hydrogens (tertiary/aromatic N) is 1. The molecule has 0 bridgehead atoms. The fourth-order valence-electron chi connectivity index (χ4n) is 2.57. The molecular formula is C17H17ClN2O3. The van der Waals surface area contributed by atoms with Crippen LogP contribution in [0.25, 0.3) is 10.9 Å². The first kappa shape index (κ1) is 15.6. The van der Waals surface area contributed by atoms with Crippen molar-refractivity contribution < 1.29 is 14.1 Å². The van der Waals surface area contributed by atoms with E-state index in [1.165, 1.54) is 7.11 Å². The lowest BCUT2D eigenvalue weighted by Crippen LogP contribution is -2.04. The summed E-state index contributed by atoms with van der Waals surface area (Å²) in [4.78, 5) is 14.6. The highest BCUT2D eigenvalue weighted by atomic mass is 35.5. The molecule has 1 N–H and O–H groups in total. The van der Waals surface area contributed by atoms with E-state index in [9.17, 15) is 4.79 Å². The number of hydrogen-bond donors (Lipinski definition) is 1. The molecule has 0 aliphatic rings. The molecule has 0 atom stereocenters. The first-order valence-electron chi connectivity index (χ1n) is 7.34. The van der Waals surface area contributed by atoms with E-state index in [1.54, 1.807) is 0 Å². The summed E-state index contributed by atoms with van der Waals surface area (Å²) in [6, 6.07) is 7.78. The largest absolute Gasteiger partial charge is 0.469 e. The number of ether oxygens (including phenoxy) is 1. The number of carbonyl (C=O) groups is 1. The first-order chi connectivity index (χ1) is 11.0. The number of methoxy groups -OCH3 is 1. The minimum atomic E-state index is -0.274. The van der Waals surface area contributed by atoms with Crippen LogP contribution in [0.1, 0.15) is 22.7 Å². The van der Waals surface area contributed by atoms with Gasteiger partial charge in [-0.2, -0.15) is 0 Å². The van der Waals surface area contributed by atoms with Gasteiger partial charge in [0.15, 0.2) is 0 Å². The monoisotopic (exact) mass is 332 g/mol. The highest BCUT2D eigenvalue weighted by Crippen LogP contribution is 2.26. The molecule has 5 nitrogen and oxygen atoms in total. The van der Waals surface area contributed by atoms with E-state index in [0.717, 1.165) is 46.5 Å². The van der Waals surface area contributed by atoms with Crippen molar-refractivity contribution in [1.29, 1.82) is 0 Å². The molecule has 0 radical (unpaired) electrons. The van der Waals surface area contributed by atoms with Gasteiger partial charge in [0.25, 0.3) is 0 Å². The molecule has 0 amide bonds. The molecule has 0 unspecified atom stereocenters. The van der Waals surface area contributed by atoms with Crippen molar-refractivity contribution >= 4 is 28.5 Å². The Balaban J connectivity index is 1.80. The number of nitrogens with one attached hydrogen (secondary N) is 1. The van der Waals surface area contributed by atoms with E-state index in [1.807, 2.05) is 31.2 Å². The third-order valence-corrected chi connectivity index (χ3v) is 4.09. The van der Waals surface area contributed by atoms with Crippen LogP contribution in [-0.4, -0.2) is 23.2 Å². The molecule has 23 heavy (non-hydrogen) atoms. The van der Waals surface area contributed by atoms with E-state index in [2.05, 4.69) is 14.9 Å². The van der Waals surface area contributed by atoms with Gasteiger partial charge in [-0.1, -0.05) is 16.8 Å². The molecule has 1 aromatic carbocycles. The second-order valence-electron chi connectivity index (χ2n) is 5.51. The number of halogens is 1. The number of benzene rings is 1. The Hall–Kier alpha value is -2.27. The Kier molecular flexibility index (Phi) is 4.39. The average Bonchev–Trinajstić information content (AvgIpc) is 3.10. The third-order valence-electron chi connectivity index (χ3n) is 3.73. The van der Waals surface area contributed by atoms with Crippen LogP contribution in [0.2, 0.25) is 5.02 Å². The van der Waals surface area contributed by atoms with Gasteiger partial charge in [-0.25, -0.2) is 0 Å². The predicted octanol–water partition coefficient (Wildman–Crippen LogP) is 3.62. The van der Waals surface area contributed by atoms with Crippen LogP contribution in [0.4, 0.5) is 0 Å². The summed E-state index contributed by atoms with van der Waals surface area (Å²) in [5, 5.41) is 5.68. The average molecular weight is 333 g/mol. The van der Waals surface area contributed by atoms with Crippen LogP contribution in [0, 0.1) is 6.92 Å². The van der Waals surface area contributed by atoms with Gasteiger partial charge in [-0.15, -0.1) is 0 Å². The molecule has 3 aromatic rings. The van der Waals surface area contributed by atoms with Crippen molar-refractivity contribution in [2.75, 3.05) is 7.11 Å². The van der Waals surface area contributed by atoms with Crippen molar-refractivity contribution in [2.45, 2.75) is 26.2 Å². The molecule has 2 heterocycles. The lowest BCUT2D eigenvalue weighted by molar-refractivity contribution is -0.139. The molecule has 0 aliphatic carbocycles. The lowest BCUT2D eigenvalue weighted by Gasteiger charge is -2.03. The molecular weight excluding hydrogens is 316 g/mol. The van der Waals surface area contributed by atoms with E-state index in [-0.39, 0.29) is 12.4 Å². The Morgan fingerprint density at radius 3 is 2.83 bits per heavy atom. The number of H-pyrrole nitrogens is 1. The van der Waals surface area contributed by atoms with Crippen LogP contribution in [0.3, 0.4) is 0 Å². The number of esters is 1. The topological polar surface area (TPSA) is 68.1 Å². The summed E-state index contributed by atoms with van der Waals surface area (Å²) in [5.74, 6) is 0.530. The summed E-state index contributed by atoms with van der Waals surface area (Å²) in [6.07, 6.45) is 1.75. The summed E-state index contributed by atoms with van der Waals surface area (Å²) >= 11 is 6.37. The number of fused-ring (bicyclic) bond motifs is 1. The zero-order valence-corrected chi connectivity index (χ0v) is 13.7. The molecule has 0 saturated heterocycles. The highest BCUT2D eigenvalue weighted by Gasteiger charge is 2.10. The highest BCUT2D eigenvalue weighted by molar-refractivity contribution is 6.32. The minimum Gasteiger partial charge on any atom is -0.469 e. The van der Waals surface area contributed by atoms with Gasteiger partial charge in [-0.3, -0.25) is 4.79 Å². The van der Waals surface area contributed by atoms with E-state index < -0.39 is 0 Å². The van der Waals surface area contributed by atoms with Crippen LogP contribution in [0.15, 0.2) is 28.8 Å². The number of aromatic nitrogens is 2. The van der Waals surface area contributed by atoms with Gasteiger partial charge >= 0.3 is 5.97 Å². The van der Waals surface area contributed by atoms with E-state index in [4.69, 9.17) is 16.1 Å². The van der Waals surface area contributed by atoms with Gasteiger partial charge in [0.2, 0.25) is 0 Å². The zero-order valence-electron chi connectivity index (χ0n) is 13.0. The third kappa shape index (κ3) is 3.56. The van der Waals surface area contributed by atoms with Crippen molar-refractivity contribution in [2.24, 2.45) is 0 Å². The van der Waals surface area contributed by atoms with E-state index in [0.29, 0.717) is 5.02 Å². The number of carbonyl (C=O) groups excluding carboxylic acids is 1. The van der Waals surface area contributed by atoms with Gasteiger partial charge in [-0.05, 0) is 43.5 Å². The van der Waals surface area contributed by atoms with Crippen LogP contribution in [-0.2, 0) is 28.8 Å². The number of aromatic amines is 1. The first-order valence-corrected chi connectivity index (χ1v) is 7.72. The maximum absolute atomic E-state index is 11.4. The Labute approximate surface area is 138 Å². The second-order valence-corrected chi connectivity index (χ2v) is 5.91. The predicted molar refractivity (Wildman–Crippen MR) is 87.7 cm³/mol. The van der Waals surface area contributed by atoms with Crippen LogP contribution in [0.5, 0.6) is 0 Å². The van der Waals surface area contributed by atoms with Crippen LogP contribution < -0.4 is 0 Å². The SMILES string of the molecule is COC(=O)Cc1cc2cc(Cl)c(CCc3cc(C)on3)cc2[nH]1. The molecule has 0 saturated carbocycles. The normalized spacial score (nSPS) is 11.1. The molecule has 2 aromatic heterocycles. The smallest absolute Gasteiger partial charge is 0.311 e. The molecule has 6 heteroatoms. The van der Waals surface area contributed by atoms with Crippen LogP contribution >= 0.6 is 11.6 Å². The van der Waals surface area contributed by atoms with Crippen molar-refractivity contribution in [3.63, 3.8) is 0 Å². The van der Waals surface area contributed by atoms with Gasteiger partial charge in [0, 0.05) is 27.7 Å². The minimum absolute atomic E-state index is 0.219. The molecule has 120 valence electrons. The lowest BCUT2D eigenvalue weighted by atomic mass is 10.1. The summed E-state index contributed by atoms with van der Waals surface area (Å²) < 4.78 is 9.76. The molecule has 0 spiro atoms. The maximum Gasteiger partial charge on any atom is 0.311 e. The molecule has 0 fully saturated rings. The number of aryl methyl sites for hydroxylation is 3. The van der Waals surface area contributed by atoms with Gasteiger partial charge in [0.1, 0.15) is 5.76 Å². The van der Waals surface area contributed by atoms with Gasteiger partial charge < -0.3 is 14.2 Å². The summed E-state index contributed by atoms with van der Waals surface area (Å²) in [7, 11) is 1.38. The number of hydrogen-bond acceptors (Lipinski definition) is 4. The fraction of sp³-hybridized carbons (Fsp3) is 0.294. The number of rotatable bonds is 5. The summed E-state index contributed by atoms with van der Waals surface area (Å²) in [6.45, 7) is 1.87. The summed E-state index contributed by atoms with van der Waals surface area (Å²) in [5.41, 5.74) is 3.72. The fourth-order valence-corrected chi connectivity index (χ4v) is 2.84. The maximum atomic E-state index is 11.4. The van der Waals surface area contributed by atoms with Crippen molar-refractivity contribution in [3.05, 3.63) is 52.0 Å². The molecule has 0 aliphatic heterocycles. The standard InChI is InChI=1S/C17H17ClN2O3/c1-10-5-13(20-23-10)4-3-11-8-16-12(7-15(11)18)6-14(19-16)9-17(21)22-2/h5-8,19H,3-4,9H2,1-2H3. The van der Waals surface area contributed by atoms with Crippen molar-refractivity contribution in [1.82, 2.24) is 10.1 Å². The van der Waals surface area contributed by atoms with E-state index >= 15 is 0 Å². The Morgan fingerprint density at radius 1 is 1.30 bits per heavy atom. The Morgan fingerprint density at radius 2 is 2.13 bits per heavy atom. The van der Waals surface area contributed by atoms with Crippen molar-refractivity contribution in [3.8, 4) is 0 Å². The molecule has 3 rings (SSSR count). The Bertz CT molecular complexity index is 851. The quantitative estimate of drug-likeness (QED) is 0.724. The van der Waals surface area contributed by atoms with Gasteiger partial charge in [0.05, 0.1) is 19.2 Å². The second kappa shape index (κ2) is 6.46.